The molecule has 0 saturated carbocycles. The number of hydrogen-bond acceptors (Lipinski definition) is 4. The van der Waals surface area contributed by atoms with E-state index in [2.05, 4.69) is 10.0 Å². The van der Waals surface area contributed by atoms with Crippen LogP contribution in [-0.2, 0) is 10.0 Å². The van der Waals surface area contributed by atoms with Crippen molar-refractivity contribution in [2.45, 2.75) is 6.92 Å². The van der Waals surface area contributed by atoms with Gasteiger partial charge in [0.05, 0.1) is 17.1 Å². The molecule has 0 amide bonds. The molecule has 4 N–H and O–H groups in total. The summed E-state index contributed by atoms with van der Waals surface area (Å²) in [5.41, 5.74) is 6.34. The minimum Gasteiger partial charge on any atom is -0.397 e. The maximum atomic E-state index is 12.7. The fraction of sp³-hybridized carbons (Fsp3) is 0.400. The van der Waals surface area contributed by atoms with E-state index in [9.17, 15) is 12.8 Å². The van der Waals surface area contributed by atoms with Crippen LogP contribution in [0.1, 0.15) is 6.92 Å². The molecule has 0 bridgehead atoms. The molecule has 0 saturated heterocycles. The molecule has 17 heavy (non-hydrogen) atoms. The van der Waals surface area contributed by atoms with E-state index < -0.39 is 15.8 Å². The lowest BCUT2D eigenvalue weighted by Gasteiger charge is -2.09. The van der Waals surface area contributed by atoms with Gasteiger partial charge >= 0.3 is 0 Å². The molecule has 0 aromatic heterocycles. The van der Waals surface area contributed by atoms with Crippen LogP contribution >= 0.6 is 0 Å². The second-order valence-corrected chi connectivity index (χ2v) is 5.40. The van der Waals surface area contributed by atoms with Crippen LogP contribution in [0.3, 0.4) is 0 Å². The third-order valence-corrected chi connectivity index (χ3v) is 3.53. The van der Waals surface area contributed by atoms with E-state index in [1.54, 1.807) is 6.92 Å². The molecule has 0 aliphatic carbocycles. The first-order valence-corrected chi connectivity index (χ1v) is 6.86. The average molecular weight is 261 g/mol. The summed E-state index contributed by atoms with van der Waals surface area (Å²) in [4.78, 5) is 0. The Hall–Kier alpha value is -1.34. The molecule has 0 aliphatic heterocycles. The topological polar surface area (TPSA) is 84.2 Å². The second-order valence-electron chi connectivity index (χ2n) is 3.48. The van der Waals surface area contributed by atoms with Gasteiger partial charge in [0, 0.05) is 13.1 Å². The molecule has 96 valence electrons. The van der Waals surface area contributed by atoms with E-state index >= 15 is 0 Å². The van der Waals surface area contributed by atoms with Gasteiger partial charge in [-0.05, 0) is 18.2 Å². The zero-order chi connectivity index (χ0) is 12.9. The zero-order valence-corrected chi connectivity index (χ0v) is 10.3. The molecule has 1 aromatic carbocycles. The van der Waals surface area contributed by atoms with Crippen molar-refractivity contribution < 1.29 is 12.8 Å². The van der Waals surface area contributed by atoms with Crippen molar-refractivity contribution >= 4 is 21.4 Å². The highest BCUT2D eigenvalue weighted by molar-refractivity contribution is 7.89. The number of sulfonamides is 1. The molecule has 0 aliphatic rings. The predicted molar refractivity (Wildman–Crippen MR) is 66.8 cm³/mol. The van der Waals surface area contributed by atoms with E-state index in [1.807, 2.05) is 0 Å². The summed E-state index contributed by atoms with van der Waals surface area (Å²) in [5.74, 6) is -0.481. The van der Waals surface area contributed by atoms with E-state index in [4.69, 9.17) is 5.73 Å². The van der Waals surface area contributed by atoms with Gasteiger partial charge in [-0.25, -0.2) is 17.5 Å². The number of anilines is 2. The Morgan fingerprint density at radius 1 is 1.41 bits per heavy atom. The molecule has 0 atom stereocenters. The number of benzene rings is 1. The van der Waals surface area contributed by atoms with E-state index in [0.717, 1.165) is 0 Å². The van der Waals surface area contributed by atoms with Crippen molar-refractivity contribution in [3.8, 4) is 0 Å². The van der Waals surface area contributed by atoms with Crippen LogP contribution in [-0.4, -0.2) is 27.3 Å². The smallest absolute Gasteiger partial charge is 0.213 e. The van der Waals surface area contributed by atoms with Crippen molar-refractivity contribution in [1.82, 2.24) is 4.72 Å². The normalized spacial score (nSPS) is 11.4. The molecule has 0 heterocycles. The Morgan fingerprint density at radius 2 is 2.12 bits per heavy atom. The Labute approximate surface area is 100 Å². The third-order valence-electron chi connectivity index (χ3n) is 2.06. The molecule has 0 unspecified atom stereocenters. The Bertz CT molecular complexity index is 476. The zero-order valence-electron chi connectivity index (χ0n) is 9.53. The van der Waals surface area contributed by atoms with Gasteiger partial charge in [-0.2, -0.15) is 0 Å². The number of rotatable bonds is 6. The maximum Gasteiger partial charge on any atom is 0.213 e. The molecule has 7 heteroatoms. The first kappa shape index (κ1) is 13.7. The van der Waals surface area contributed by atoms with Crippen LogP contribution in [0.4, 0.5) is 15.8 Å². The predicted octanol–water partition coefficient (Wildman–Crippen LogP) is 0.759. The van der Waals surface area contributed by atoms with Crippen LogP contribution < -0.4 is 15.8 Å². The first-order chi connectivity index (χ1) is 7.94. The quantitative estimate of drug-likeness (QED) is 0.660. The number of hydrogen-bond donors (Lipinski definition) is 3. The number of nitrogens with one attached hydrogen (secondary N) is 2. The van der Waals surface area contributed by atoms with Crippen molar-refractivity contribution in [3.63, 3.8) is 0 Å². The van der Waals surface area contributed by atoms with Gasteiger partial charge in [-0.15, -0.1) is 0 Å². The molecule has 5 nitrogen and oxygen atoms in total. The SMILES string of the molecule is CCNS(=O)(=O)CCNc1ccc(F)cc1N. The second kappa shape index (κ2) is 5.83. The lowest BCUT2D eigenvalue weighted by Crippen LogP contribution is -2.29. The van der Waals surface area contributed by atoms with Crippen LogP contribution in [0.2, 0.25) is 0 Å². The van der Waals surface area contributed by atoms with Crippen molar-refractivity contribution in [2.24, 2.45) is 0 Å². The molecule has 1 rings (SSSR count). The van der Waals surface area contributed by atoms with Gasteiger partial charge < -0.3 is 11.1 Å². The summed E-state index contributed by atoms with van der Waals surface area (Å²) in [6.07, 6.45) is 0. The van der Waals surface area contributed by atoms with E-state index in [1.165, 1.54) is 18.2 Å². The van der Waals surface area contributed by atoms with Crippen LogP contribution in [0.25, 0.3) is 0 Å². The van der Waals surface area contributed by atoms with Crippen molar-refractivity contribution in [2.75, 3.05) is 29.9 Å². The van der Waals surface area contributed by atoms with Crippen LogP contribution in [0.5, 0.6) is 0 Å². The number of nitrogen functional groups attached to an aromatic ring is 1. The highest BCUT2D eigenvalue weighted by atomic mass is 32.2. The van der Waals surface area contributed by atoms with Crippen LogP contribution in [0.15, 0.2) is 18.2 Å². The van der Waals surface area contributed by atoms with Gasteiger partial charge in [0.15, 0.2) is 0 Å². The average Bonchev–Trinajstić information content (AvgIpc) is 2.21. The van der Waals surface area contributed by atoms with Gasteiger partial charge in [0.25, 0.3) is 0 Å². The summed E-state index contributed by atoms with van der Waals surface area (Å²) in [7, 11) is -3.25. The van der Waals surface area contributed by atoms with E-state index in [-0.39, 0.29) is 18.0 Å². The van der Waals surface area contributed by atoms with Gasteiger partial charge in [0.2, 0.25) is 10.0 Å². The highest BCUT2D eigenvalue weighted by Crippen LogP contribution is 2.18. The van der Waals surface area contributed by atoms with Gasteiger partial charge in [-0.1, -0.05) is 6.92 Å². The minimum absolute atomic E-state index is 0.0579. The maximum absolute atomic E-state index is 12.7. The number of halogens is 1. The molecular formula is C10H16FN3O2S. The summed E-state index contributed by atoms with van der Waals surface area (Å²) in [6, 6.07) is 3.92. The Balaban J connectivity index is 2.51. The van der Waals surface area contributed by atoms with Crippen molar-refractivity contribution in [3.05, 3.63) is 24.0 Å². The summed E-state index contributed by atoms with van der Waals surface area (Å²) in [6.45, 7) is 2.29. The summed E-state index contributed by atoms with van der Waals surface area (Å²) in [5, 5.41) is 2.84. The number of nitrogens with two attached hydrogens (primary N) is 1. The lowest BCUT2D eigenvalue weighted by molar-refractivity contribution is 0.584. The third kappa shape index (κ3) is 4.58. The van der Waals surface area contributed by atoms with Gasteiger partial charge in [-0.3, -0.25) is 0 Å². The fourth-order valence-corrected chi connectivity index (χ4v) is 2.26. The molecule has 0 radical (unpaired) electrons. The van der Waals surface area contributed by atoms with E-state index in [0.29, 0.717) is 12.2 Å². The molecule has 1 aromatic rings. The van der Waals surface area contributed by atoms with Crippen molar-refractivity contribution in [1.29, 1.82) is 0 Å². The largest absolute Gasteiger partial charge is 0.397 e. The monoisotopic (exact) mass is 261 g/mol. The lowest BCUT2D eigenvalue weighted by atomic mass is 10.2. The standard InChI is InChI=1S/C10H16FN3O2S/c1-2-14-17(15,16)6-5-13-10-4-3-8(11)7-9(10)12/h3-4,7,13-14H,2,5-6,12H2,1H3. The van der Waals surface area contributed by atoms with Gasteiger partial charge in [0.1, 0.15) is 5.82 Å². The van der Waals surface area contributed by atoms with Crippen LogP contribution in [0, 0.1) is 5.82 Å². The summed E-state index contributed by atoms with van der Waals surface area (Å²) < 4.78 is 37.8. The highest BCUT2D eigenvalue weighted by Gasteiger charge is 2.08. The Kier molecular flexibility index (Phi) is 4.71. The summed E-state index contributed by atoms with van der Waals surface area (Å²) >= 11 is 0. The molecule has 0 fully saturated rings. The first-order valence-electron chi connectivity index (χ1n) is 5.21. The molecular weight excluding hydrogens is 245 g/mol. The Morgan fingerprint density at radius 3 is 2.71 bits per heavy atom. The fourth-order valence-electron chi connectivity index (χ4n) is 1.31. The minimum atomic E-state index is -3.25. The molecule has 0 spiro atoms.